The second-order valence-electron chi connectivity index (χ2n) is 5.84. The summed E-state index contributed by atoms with van der Waals surface area (Å²) in [7, 11) is 1.69. The van der Waals surface area contributed by atoms with E-state index in [1.807, 2.05) is 35.0 Å². The summed E-state index contributed by atoms with van der Waals surface area (Å²) < 4.78 is 8.29. The second-order valence-corrected chi connectivity index (χ2v) is 6.69. The summed E-state index contributed by atoms with van der Waals surface area (Å²) in [5, 5.41) is 8.37. The van der Waals surface area contributed by atoms with Gasteiger partial charge in [0.05, 0.1) is 18.5 Å². The van der Waals surface area contributed by atoms with Crippen LogP contribution in [0.15, 0.2) is 53.0 Å². The molecule has 122 valence electrons. The van der Waals surface area contributed by atoms with Gasteiger partial charge in [0.25, 0.3) is 0 Å². The molecule has 5 heteroatoms. The summed E-state index contributed by atoms with van der Waals surface area (Å²) in [5.74, 6) is 2.00. The number of halogens is 1. The van der Waals surface area contributed by atoms with Gasteiger partial charge in [-0.25, -0.2) is 4.68 Å². The van der Waals surface area contributed by atoms with Gasteiger partial charge in [-0.05, 0) is 52.2 Å². The van der Waals surface area contributed by atoms with Gasteiger partial charge in [0, 0.05) is 23.0 Å². The van der Waals surface area contributed by atoms with Gasteiger partial charge in [0.1, 0.15) is 11.6 Å². The smallest absolute Gasteiger partial charge is 0.133 e. The van der Waals surface area contributed by atoms with Crippen molar-refractivity contribution < 1.29 is 4.74 Å². The predicted molar refractivity (Wildman–Crippen MR) is 99.3 cm³/mol. The Kier molecular flexibility index (Phi) is 4.02. The number of benzene rings is 2. The highest BCUT2D eigenvalue weighted by Crippen LogP contribution is 2.32. The minimum atomic E-state index is 0.825. The first kappa shape index (κ1) is 15.3. The highest BCUT2D eigenvalue weighted by atomic mass is 79.9. The molecule has 2 heterocycles. The van der Waals surface area contributed by atoms with Crippen molar-refractivity contribution in [3.05, 3.63) is 69.8 Å². The van der Waals surface area contributed by atoms with E-state index in [1.165, 1.54) is 11.1 Å². The maximum Gasteiger partial charge on any atom is 0.133 e. The number of aromatic nitrogens is 2. The van der Waals surface area contributed by atoms with Crippen LogP contribution in [0.4, 0.5) is 5.82 Å². The lowest BCUT2D eigenvalue weighted by Crippen LogP contribution is -2.05. The maximum atomic E-state index is 5.23. The van der Waals surface area contributed by atoms with Gasteiger partial charge in [-0.2, -0.15) is 5.10 Å². The fourth-order valence-electron chi connectivity index (χ4n) is 3.12. The van der Waals surface area contributed by atoms with Crippen LogP contribution in [-0.2, 0) is 12.8 Å². The van der Waals surface area contributed by atoms with Crippen molar-refractivity contribution in [3.8, 4) is 11.4 Å². The third-order valence-electron chi connectivity index (χ3n) is 4.35. The lowest BCUT2D eigenvalue weighted by molar-refractivity contribution is 0.414. The first-order chi connectivity index (χ1) is 11.8. The number of para-hydroxylation sites is 1. The van der Waals surface area contributed by atoms with E-state index < -0.39 is 0 Å². The fourth-order valence-corrected chi connectivity index (χ4v) is 3.58. The summed E-state index contributed by atoms with van der Waals surface area (Å²) in [6.07, 6.45) is 1.84. The molecule has 4 nitrogen and oxygen atoms in total. The molecule has 0 unspecified atom stereocenters. The van der Waals surface area contributed by atoms with Crippen molar-refractivity contribution in [2.75, 3.05) is 19.0 Å². The average Bonchev–Trinajstić information content (AvgIpc) is 3.20. The van der Waals surface area contributed by atoms with E-state index in [4.69, 9.17) is 9.84 Å². The highest BCUT2D eigenvalue weighted by molar-refractivity contribution is 9.10. The van der Waals surface area contributed by atoms with E-state index in [9.17, 15) is 0 Å². The van der Waals surface area contributed by atoms with Gasteiger partial charge in [-0.1, -0.05) is 24.3 Å². The third kappa shape index (κ3) is 2.69. The van der Waals surface area contributed by atoms with Crippen molar-refractivity contribution in [1.29, 1.82) is 0 Å². The molecule has 0 bridgehead atoms. The van der Waals surface area contributed by atoms with E-state index in [-0.39, 0.29) is 0 Å². The van der Waals surface area contributed by atoms with Crippen molar-refractivity contribution in [1.82, 2.24) is 9.78 Å². The molecule has 3 aromatic rings. The Morgan fingerprint density at radius 1 is 1.17 bits per heavy atom. The average molecular weight is 384 g/mol. The minimum absolute atomic E-state index is 0.825. The number of ether oxygens (including phenoxy) is 1. The Morgan fingerprint density at radius 3 is 2.71 bits per heavy atom. The van der Waals surface area contributed by atoms with E-state index in [1.54, 1.807) is 7.11 Å². The van der Waals surface area contributed by atoms with Gasteiger partial charge in [-0.15, -0.1) is 0 Å². The molecule has 1 aromatic heterocycles. The van der Waals surface area contributed by atoms with Gasteiger partial charge in [0.2, 0.25) is 0 Å². The van der Waals surface area contributed by atoms with Crippen molar-refractivity contribution >= 4 is 21.7 Å². The zero-order chi connectivity index (χ0) is 16.5. The summed E-state index contributed by atoms with van der Waals surface area (Å²) in [6.45, 7) is 0.966. The minimum Gasteiger partial charge on any atom is -0.497 e. The molecule has 24 heavy (non-hydrogen) atoms. The quantitative estimate of drug-likeness (QED) is 0.733. The SMILES string of the molecule is COc1ccc(Cc2nn(-c3ccccc3Br)c3c2CCN3)cc1. The predicted octanol–water partition coefficient (Wildman–Crippen LogP) is 4.20. The maximum absolute atomic E-state index is 5.23. The van der Waals surface area contributed by atoms with Crippen molar-refractivity contribution in [3.63, 3.8) is 0 Å². The number of fused-ring (bicyclic) bond motifs is 1. The van der Waals surface area contributed by atoms with Gasteiger partial charge in [0.15, 0.2) is 0 Å². The molecule has 4 rings (SSSR count). The lowest BCUT2D eigenvalue weighted by Gasteiger charge is -2.08. The van der Waals surface area contributed by atoms with E-state index >= 15 is 0 Å². The summed E-state index contributed by atoms with van der Waals surface area (Å²) in [4.78, 5) is 0. The van der Waals surface area contributed by atoms with Gasteiger partial charge < -0.3 is 10.1 Å². The van der Waals surface area contributed by atoms with Gasteiger partial charge in [-0.3, -0.25) is 0 Å². The largest absolute Gasteiger partial charge is 0.497 e. The van der Waals surface area contributed by atoms with E-state index in [0.717, 1.165) is 46.8 Å². The number of methoxy groups -OCH3 is 1. The molecular formula is C19H18BrN3O. The van der Waals surface area contributed by atoms with Crippen LogP contribution in [0.2, 0.25) is 0 Å². The summed E-state index contributed by atoms with van der Waals surface area (Å²) >= 11 is 3.63. The summed E-state index contributed by atoms with van der Waals surface area (Å²) in [6, 6.07) is 16.4. The zero-order valence-corrected chi connectivity index (χ0v) is 15.0. The van der Waals surface area contributed by atoms with Crippen LogP contribution >= 0.6 is 15.9 Å². The number of hydrogen-bond acceptors (Lipinski definition) is 3. The molecule has 0 fully saturated rings. The Balaban J connectivity index is 1.72. The molecule has 0 atom stereocenters. The lowest BCUT2D eigenvalue weighted by atomic mass is 10.1. The van der Waals surface area contributed by atoms with Crippen molar-refractivity contribution in [2.45, 2.75) is 12.8 Å². The van der Waals surface area contributed by atoms with E-state index in [2.05, 4.69) is 39.4 Å². The molecule has 0 aliphatic carbocycles. The van der Waals surface area contributed by atoms with Crippen LogP contribution in [0.25, 0.3) is 5.69 Å². The molecule has 0 radical (unpaired) electrons. The first-order valence-corrected chi connectivity index (χ1v) is 8.78. The van der Waals surface area contributed by atoms with Crippen LogP contribution in [0.5, 0.6) is 5.75 Å². The molecule has 0 amide bonds. The molecule has 1 N–H and O–H groups in total. The number of hydrogen-bond donors (Lipinski definition) is 1. The number of nitrogens with one attached hydrogen (secondary N) is 1. The van der Waals surface area contributed by atoms with Crippen LogP contribution in [0, 0.1) is 0 Å². The second kappa shape index (κ2) is 6.32. The molecule has 1 aliphatic heterocycles. The third-order valence-corrected chi connectivity index (χ3v) is 5.02. The monoisotopic (exact) mass is 383 g/mol. The standard InChI is InChI=1S/C19H18BrN3O/c1-24-14-8-6-13(7-9-14)12-17-15-10-11-21-19(15)23(22-17)18-5-3-2-4-16(18)20/h2-9,21H,10-12H2,1H3. The topological polar surface area (TPSA) is 39.1 Å². The Hall–Kier alpha value is -2.27. The van der Waals surface area contributed by atoms with Crippen LogP contribution in [0.1, 0.15) is 16.8 Å². The van der Waals surface area contributed by atoms with Crippen LogP contribution in [0.3, 0.4) is 0 Å². The molecule has 0 saturated carbocycles. The Morgan fingerprint density at radius 2 is 1.96 bits per heavy atom. The number of nitrogens with zero attached hydrogens (tertiary/aromatic N) is 2. The molecular weight excluding hydrogens is 366 g/mol. The van der Waals surface area contributed by atoms with Gasteiger partial charge >= 0.3 is 0 Å². The summed E-state index contributed by atoms with van der Waals surface area (Å²) in [5.41, 5.74) is 4.75. The Labute approximate surface area is 149 Å². The molecule has 1 aliphatic rings. The fraction of sp³-hybridized carbons (Fsp3) is 0.211. The van der Waals surface area contributed by atoms with Crippen LogP contribution in [-0.4, -0.2) is 23.4 Å². The number of rotatable bonds is 4. The van der Waals surface area contributed by atoms with Crippen LogP contribution < -0.4 is 10.1 Å². The van der Waals surface area contributed by atoms with E-state index in [0.29, 0.717) is 0 Å². The number of anilines is 1. The zero-order valence-electron chi connectivity index (χ0n) is 13.4. The first-order valence-electron chi connectivity index (χ1n) is 7.99. The Bertz CT molecular complexity index is 871. The molecule has 0 saturated heterocycles. The highest BCUT2D eigenvalue weighted by Gasteiger charge is 2.23. The van der Waals surface area contributed by atoms with Crippen molar-refractivity contribution in [2.24, 2.45) is 0 Å². The normalized spacial score (nSPS) is 12.8. The molecule has 0 spiro atoms. The molecule has 2 aromatic carbocycles.